The van der Waals surface area contributed by atoms with Crippen molar-refractivity contribution in [3.8, 4) is 0 Å². The highest BCUT2D eigenvalue weighted by atomic mass is 35.5. The molecule has 0 spiro atoms. The third-order valence-electron chi connectivity index (χ3n) is 4.36. The quantitative estimate of drug-likeness (QED) is 0.830. The Bertz CT molecular complexity index is 623. The zero-order valence-electron chi connectivity index (χ0n) is 12.6. The van der Waals surface area contributed by atoms with E-state index in [0.29, 0.717) is 12.2 Å². The van der Waals surface area contributed by atoms with Crippen LogP contribution in [0.4, 0.5) is 5.69 Å². The first-order valence-electron chi connectivity index (χ1n) is 7.29. The molecule has 118 valence electrons. The number of hydrogen-bond acceptors (Lipinski definition) is 3. The molecule has 3 N–H and O–H groups in total. The third kappa shape index (κ3) is 3.90. The molecule has 0 unspecified atom stereocenters. The van der Waals surface area contributed by atoms with Gasteiger partial charge in [-0.1, -0.05) is 37.8 Å². The number of nitrogen functional groups attached to an aromatic ring is 1. The van der Waals surface area contributed by atoms with Crippen molar-refractivity contribution >= 4 is 27.3 Å². The molecule has 0 radical (unpaired) electrons. The van der Waals surface area contributed by atoms with Crippen LogP contribution in [0.1, 0.15) is 44.6 Å². The van der Waals surface area contributed by atoms with E-state index in [-0.39, 0.29) is 15.3 Å². The number of rotatable bonds is 4. The van der Waals surface area contributed by atoms with Gasteiger partial charge in [0, 0.05) is 12.2 Å². The standard InChI is InChI=1S/C15H23ClN2O2S/c1-11-8-12(16)14(9-13(11)17)21(19,20)18-10-15(2)6-4-3-5-7-15/h8-9,18H,3-7,10,17H2,1-2H3. The van der Waals surface area contributed by atoms with Gasteiger partial charge in [-0.05, 0) is 42.9 Å². The van der Waals surface area contributed by atoms with Gasteiger partial charge in [-0.25, -0.2) is 13.1 Å². The van der Waals surface area contributed by atoms with Crippen molar-refractivity contribution in [2.24, 2.45) is 5.41 Å². The Labute approximate surface area is 132 Å². The molecule has 1 aromatic carbocycles. The Kier molecular flexibility index (Phi) is 4.85. The van der Waals surface area contributed by atoms with Crippen LogP contribution in [-0.2, 0) is 10.0 Å². The molecule has 1 saturated carbocycles. The summed E-state index contributed by atoms with van der Waals surface area (Å²) in [6.07, 6.45) is 5.67. The second-order valence-corrected chi connectivity index (χ2v) is 8.48. The molecule has 2 rings (SSSR count). The van der Waals surface area contributed by atoms with E-state index >= 15 is 0 Å². The summed E-state index contributed by atoms with van der Waals surface area (Å²) in [5.74, 6) is 0. The summed E-state index contributed by atoms with van der Waals surface area (Å²) < 4.78 is 27.6. The maximum atomic E-state index is 12.5. The SMILES string of the molecule is Cc1cc(Cl)c(S(=O)(=O)NCC2(C)CCCCC2)cc1N. The fraction of sp³-hybridized carbons (Fsp3) is 0.600. The molecule has 1 fully saturated rings. The first kappa shape index (κ1) is 16.6. The largest absolute Gasteiger partial charge is 0.398 e. The zero-order valence-corrected chi connectivity index (χ0v) is 14.1. The summed E-state index contributed by atoms with van der Waals surface area (Å²) in [5.41, 5.74) is 7.05. The Morgan fingerprint density at radius 1 is 1.29 bits per heavy atom. The molecule has 1 aliphatic carbocycles. The van der Waals surface area contributed by atoms with E-state index in [4.69, 9.17) is 17.3 Å². The fourth-order valence-corrected chi connectivity index (χ4v) is 4.62. The minimum atomic E-state index is -3.63. The number of nitrogens with one attached hydrogen (secondary N) is 1. The fourth-order valence-electron chi connectivity index (χ4n) is 2.80. The molecule has 6 heteroatoms. The van der Waals surface area contributed by atoms with Crippen LogP contribution in [0.2, 0.25) is 5.02 Å². The van der Waals surface area contributed by atoms with Gasteiger partial charge in [0.15, 0.2) is 0 Å². The summed E-state index contributed by atoms with van der Waals surface area (Å²) in [4.78, 5) is 0.0617. The maximum Gasteiger partial charge on any atom is 0.242 e. The summed E-state index contributed by atoms with van der Waals surface area (Å²) in [6, 6.07) is 3.02. The summed E-state index contributed by atoms with van der Waals surface area (Å²) in [6.45, 7) is 4.38. The van der Waals surface area contributed by atoms with Crippen molar-refractivity contribution in [2.75, 3.05) is 12.3 Å². The second-order valence-electron chi connectivity index (χ2n) is 6.34. The molecule has 0 bridgehead atoms. The molecular weight excluding hydrogens is 308 g/mol. The highest BCUT2D eigenvalue weighted by Crippen LogP contribution is 2.35. The van der Waals surface area contributed by atoms with Gasteiger partial charge in [0.2, 0.25) is 10.0 Å². The van der Waals surface area contributed by atoms with Gasteiger partial charge in [0.25, 0.3) is 0 Å². The van der Waals surface area contributed by atoms with Crippen LogP contribution in [0.25, 0.3) is 0 Å². The van der Waals surface area contributed by atoms with Gasteiger partial charge in [0.05, 0.1) is 5.02 Å². The lowest BCUT2D eigenvalue weighted by Gasteiger charge is -2.33. The van der Waals surface area contributed by atoms with Gasteiger partial charge in [0.1, 0.15) is 4.90 Å². The molecule has 4 nitrogen and oxygen atoms in total. The predicted octanol–water partition coefficient (Wildman–Crippen LogP) is 3.48. The lowest BCUT2D eigenvalue weighted by Crippen LogP contribution is -2.37. The second kappa shape index (κ2) is 6.15. The predicted molar refractivity (Wildman–Crippen MR) is 87.0 cm³/mol. The first-order valence-corrected chi connectivity index (χ1v) is 9.15. The Balaban J connectivity index is 2.17. The van der Waals surface area contributed by atoms with Crippen molar-refractivity contribution in [3.63, 3.8) is 0 Å². The number of aryl methyl sites for hydroxylation is 1. The highest BCUT2D eigenvalue weighted by Gasteiger charge is 2.29. The first-order chi connectivity index (χ1) is 9.73. The molecular formula is C15H23ClN2O2S. The van der Waals surface area contributed by atoms with Crippen molar-refractivity contribution in [2.45, 2.75) is 50.8 Å². The van der Waals surface area contributed by atoms with Crippen LogP contribution >= 0.6 is 11.6 Å². The van der Waals surface area contributed by atoms with E-state index in [9.17, 15) is 8.42 Å². The van der Waals surface area contributed by atoms with Gasteiger partial charge in [-0.3, -0.25) is 0 Å². The molecule has 0 heterocycles. The van der Waals surface area contributed by atoms with Crippen molar-refractivity contribution in [1.82, 2.24) is 4.72 Å². The average molecular weight is 331 g/mol. The Hall–Kier alpha value is -0.780. The monoisotopic (exact) mass is 330 g/mol. The average Bonchev–Trinajstić information content (AvgIpc) is 2.42. The number of hydrogen-bond donors (Lipinski definition) is 2. The summed E-state index contributed by atoms with van der Waals surface area (Å²) >= 11 is 6.07. The normalized spacial score (nSPS) is 18.6. The van der Waals surface area contributed by atoms with Crippen molar-refractivity contribution in [1.29, 1.82) is 0 Å². The lowest BCUT2D eigenvalue weighted by atomic mass is 9.76. The van der Waals surface area contributed by atoms with Crippen LogP contribution < -0.4 is 10.5 Å². The Morgan fingerprint density at radius 2 is 1.90 bits per heavy atom. The lowest BCUT2D eigenvalue weighted by molar-refractivity contribution is 0.219. The van der Waals surface area contributed by atoms with Crippen molar-refractivity contribution < 1.29 is 8.42 Å². The van der Waals surface area contributed by atoms with E-state index < -0.39 is 10.0 Å². The zero-order chi connectivity index (χ0) is 15.7. The molecule has 0 aliphatic heterocycles. The maximum absolute atomic E-state index is 12.5. The third-order valence-corrected chi connectivity index (χ3v) is 6.23. The molecule has 0 amide bonds. The van der Waals surface area contributed by atoms with Crippen LogP contribution in [0.5, 0.6) is 0 Å². The minimum absolute atomic E-state index is 0.0358. The number of anilines is 1. The van der Waals surface area contributed by atoms with Crippen LogP contribution in [0, 0.1) is 12.3 Å². The van der Waals surface area contributed by atoms with Crippen LogP contribution in [0.15, 0.2) is 17.0 Å². The minimum Gasteiger partial charge on any atom is -0.398 e. The van der Waals surface area contributed by atoms with Gasteiger partial charge < -0.3 is 5.73 Å². The number of nitrogens with two attached hydrogens (primary N) is 1. The van der Waals surface area contributed by atoms with E-state index in [1.54, 1.807) is 13.0 Å². The highest BCUT2D eigenvalue weighted by molar-refractivity contribution is 7.89. The van der Waals surface area contributed by atoms with Crippen LogP contribution in [-0.4, -0.2) is 15.0 Å². The van der Waals surface area contributed by atoms with Gasteiger partial charge in [-0.2, -0.15) is 0 Å². The molecule has 0 atom stereocenters. The van der Waals surface area contributed by atoms with Crippen LogP contribution in [0.3, 0.4) is 0 Å². The van der Waals surface area contributed by atoms with E-state index in [1.807, 2.05) is 0 Å². The van der Waals surface area contributed by atoms with E-state index in [2.05, 4.69) is 11.6 Å². The molecule has 1 aliphatic rings. The molecule has 0 aromatic heterocycles. The number of sulfonamides is 1. The molecule has 21 heavy (non-hydrogen) atoms. The topological polar surface area (TPSA) is 72.2 Å². The van der Waals surface area contributed by atoms with Gasteiger partial charge >= 0.3 is 0 Å². The van der Waals surface area contributed by atoms with E-state index in [0.717, 1.165) is 31.2 Å². The molecule has 0 saturated heterocycles. The molecule has 1 aromatic rings. The van der Waals surface area contributed by atoms with Crippen molar-refractivity contribution in [3.05, 3.63) is 22.7 Å². The number of benzene rings is 1. The smallest absolute Gasteiger partial charge is 0.242 e. The number of halogens is 1. The summed E-state index contributed by atoms with van der Waals surface area (Å²) in [7, 11) is -3.63. The van der Waals surface area contributed by atoms with E-state index in [1.165, 1.54) is 12.5 Å². The van der Waals surface area contributed by atoms with Gasteiger partial charge in [-0.15, -0.1) is 0 Å². The Morgan fingerprint density at radius 3 is 2.52 bits per heavy atom. The summed E-state index contributed by atoms with van der Waals surface area (Å²) in [5, 5.41) is 0.211.